The Morgan fingerprint density at radius 2 is 1.27 bits per heavy atom. The van der Waals surface area contributed by atoms with Crippen molar-refractivity contribution in [3.05, 3.63) is 23.8 Å². The maximum Gasteiger partial charge on any atom is 0.160 e. The molecule has 1 rings (SSSR count). The highest BCUT2D eigenvalue weighted by molar-refractivity contribution is 5.44. The molecule has 0 aliphatic rings. The minimum absolute atomic E-state index is 0.0215. The summed E-state index contributed by atoms with van der Waals surface area (Å²) in [6.07, 6.45) is 17.2. The average molecular weight is 423 g/mol. The third-order valence-corrected chi connectivity index (χ3v) is 5.59. The molecule has 4 nitrogen and oxygen atoms in total. The highest BCUT2D eigenvalue weighted by atomic mass is 16.7. The van der Waals surface area contributed by atoms with E-state index in [1.165, 1.54) is 57.4 Å². The molecule has 0 spiro atoms. The lowest BCUT2D eigenvalue weighted by Crippen LogP contribution is -2.19. The third kappa shape index (κ3) is 13.1. The molecule has 0 amide bonds. The molecule has 1 aromatic carbocycles. The Bertz CT molecular complexity index is 502. The van der Waals surface area contributed by atoms with E-state index < -0.39 is 0 Å². The molecule has 2 N–H and O–H groups in total. The number of hydrogen-bond acceptors (Lipinski definition) is 4. The largest absolute Gasteiger partial charge is 0.504 e. The highest BCUT2D eigenvalue weighted by Crippen LogP contribution is 2.29. The number of ether oxygens (including phenoxy) is 2. The van der Waals surface area contributed by atoms with Gasteiger partial charge in [0, 0.05) is 13.2 Å². The number of hydrogen-bond donors (Lipinski definition) is 2. The van der Waals surface area contributed by atoms with Gasteiger partial charge in [-0.3, -0.25) is 0 Å². The van der Waals surface area contributed by atoms with Crippen LogP contribution in [0.3, 0.4) is 0 Å². The van der Waals surface area contributed by atoms with E-state index in [-0.39, 0.29) is 17.8 Å². The highest BCUT2D eigenvalue weighted by Gasteiger charge is 2.10. The van der Waals surface area contributed by atoms with Gasteiger partial charge in [-0.05, 0) is 50.2 Å². The molecule has 0 saturated carbocycles. The fourth-order valence-electron chi connectivity index (χ4n) is 3.64. The van der Waals surface area contributed by atoms with Crippen LogP contribution >= 0.6 is 0 Å². The summed E-state index contributed by atoms with van der Waals surface area (Å²) in [5.74, 6) is -0.0135. The molecule has 0 aliphatic carbocycles. The first kappa shape index (κ1) is 26.8. The monoisotopic (exact) mass is 422 g/mol. The fourth-order valence-corrected chi connectivity index (χ4v) is 3.64. The number of benzene rings is 1. The Balaban J connectivity index is 2.24. The molecule has 0 aliphatic heterocycles. The van der Waals surface area contributed by atoms with Gasteiger partial charge in [0.1, 0.15) is 0 Å². The van der Waals surface area contributed by atoms with Crippen molar-refractivity contribution in [2.45, 2.75) is 116 Å². The summed E-state index contributed by atoms with van der Waals surface area (Å²) in [4.78, 5) is 0. The van der Waals surface area contributed by atoms with Gasteiger partial charge in [0.15, 0.2) is 17.8 Å². The van der Waals surface area contributed by atoms with Crippen molar-refractivity contribution in [3.8, 4) is 11.5 Å². The minimum atomic E-state index is -0.0866. The molecule has 0 bridgehead atoms. The lowest BCUT2D eigenvalue weighted by Gasteiger charge is -2.19. The first-order valence-electron chi connectivity index (χ1n) is 12.4. The van der Waals surface area contributed by atoms with Crippen LogP contribution in [0.25, 0.3) is 0 Å². The van der Waals surface area contributed by atoms with Crippen molar-refractivity contribution < 1.29 is 19.7 Å². The normalized spacial score (nSPS) is 11.4. The summed E-state index contributed by atoms with van der Waals surface area (Å²) >= 11 is 0. The van der Waals surface area contributed by atoms with Gasteiger partial charge < -0.3 is 19.7 Å². The zero-order valence-corrected chi connectivity index (χ0v) is 19.5. The zero-order valence-electron chi connectivity index (χ0n) is 19.5. The van der Waals surface area contributed by atoms with Gasteiger partial charge in [0.2, 0.25) is 0 Å². The summed E-state index contributed by atoms with van der Waals surface area (Å²) < 4.78 is 12.1. The van der Waals surface area contributed by atoms with Crippen LogP contribution in [0.2, 0.25) is 0 Å². The van der Waals surface area contributed by atoms with E-state index in [2.05, 4.69) is 13.8 Å². The second kappa shape index (κ2) is 18.5. The van der Waals surface area contributed by atoms with Crippen LogP contribution in [0, 0.1) is 0 Å². The molecule has 1 aromatic rings. The number of para-hydroxylation sites is 1. The Kier molecular flexibility index (Phi) is 16.5. The average Bonchev–Trinajstić information content (AvgIpc) is 2.75. The summed E-state index contributed by atoms with van der Waals surface area (Å²) in [5, 5.41) is 19.5. The SMILES string of the molecule is CCCCCCCOC(CCCCCc1cccc(O)c1O)OCCCCCCC. The topological polar surface area (TPSA) is 58.9 Å². The van der Waals surface area contributed by atoms with E-state index in [1.54, 1.807) is 6.07 Å². The summed E-state index contributed by atoms with van der Waals surface area (Å²) in [5.41, 5.74) is 0.818. The predicted molar refractivity (Wildman–Crippen MR) is 125 cm³/mol. The summed E-state index contributed by atoms with van der Waals surface area (Å²) in [6, 6.07) is 5.17. The second-order valence-electron chi connectivity index (χ2n) is 8.38. The lowest BCUT2D eigenvalue weighted by atomic mass is 10.0. The Labute approximate surface area is 185 Å². The van der Waals surface area contributed by atoms with Crippen LogP contribution in [0.15, 0.2) is 18.2 Å². The number of aryl methyl sites for hydroxylation is 1. The standard InChI is InChI=1S/C26H46O4/c1-3-5-7-9-14-21-29-25(30-22-15-10-8-6-4-2)20-13-11-12-17-23-18-16-19-24(27)26(23)28/h16,18-19,25,27-28H,3-15,17,20-22H2,1-2H3. The van der Waals surface area contributed by atoms with Gasteiger partial charge in [0.05, 0.1) is 0 Å². The van der Waals surface area contributed by atoms with Crippen molar-refractivity contribution >= 4 is 0 Å². The van der Waals surface area contributed by atoms with E-state index in [4.69, 9.17) is 9.47 Å². The molecular formula is C26H46O4. The second-order valence-corrected chi connectivity index (χ2v) is 8.38. The number of aromatic hydroxyl groups is 2. The molecule has 0 saturated heterocycles. The third-order valence-electron chi connectivity index (χ3n) is 5.59. The van der Waals surface area contributed by atoms with Crippen LogP contribution in [-0.2, 0) is 15.9 Å². The molecule has 0 radical (unpaired) electrons. The van der Waals surface area contributed by atoms with Crippen LogP contribution in [0.4, 0.5) is 0 Å². The molecular weight excluding hydrogens is 376 g/mol. The minimum Gasteiger partial charge on any atom is -0.504 e. The van der Waals surface area contributed by atoms with E-state index in [0.29, 0.717) is 0 Å². The molecule has 4 heteroatoms. The molecule has 0 atom stereocenters. The van der Waals surface area contributed by atoms with Gasteiger partial charge in [-0.2, -0.15) is 0 Å². The smallest absolute Gasteiger partial charge is 0.160 e. The zero-order chi connectivity index (χ0) is 21.9. The first-order valence-corrected chi connectivity index (χ1v) is 12.4. The number of unbranched alkanes of at least 4 members (excludes halogenated alkanes) is 10. The molecule has 30 heavy (non-hydrogen) atoms. The molecule has 0 heterocycles. The molecule has 0 unspecified atom stereocenters. The quantitative estimate of drug-likeness (QED) is 0.130. The lowest BCUT2D eigenvalue weighted by molar-refractivity contribution is -0.148. The van der Waals surface area contributed by atoms with E-state index in [1.807, 2.05) is 6.07 Å². The van der Waals surface area contributed by atoms with Crippen molar-refractivity contribution in [1.82, 2.24) is 0 Å². The fraction of sp³-hybridized carbons (Fsp3) is 0.769. The predicted octanol–water partition coefficient (Wildman–Crippen LogP) is 7.50. The van der Waals surface area contributed by atoms with E-state index in [9.17, 15) is 10.2 Å². The number of phenolic OH excluding ortho intramolecular Hbond substituents is 2. The van der Waals surface area contributed by atoms with Crippen LogP contribution in [-0.4, -0.2) is 29.7 Å². The van der Waals surface area contributed by atoms with Crippen LogP contribution < -0.4 is 0 Å². The maximum atomic E-state index is 9.90. The Morgan fingerprint density at radius 1 is 0.700 bits per heavy atom. The van der Waals surface area contributed by atoms with Gasteiger partial charge in [-0.1, -0.05) is 83.8 Å². The van der Waals surface area contributed by atoms with E-state index in [0.717, 1.165) is 63.7 Å². The van der Waals surface area contributed by atoms with Crippen molar-refractivity contribution in [1.29, 1.82) is 0 Å². The van der Waals surface area contributed by atoms with E-state index >= 15 is 0 Å². The van der Waals surface area contributed by atoms with Crippen molar-refractivity contribution in [2.75, 3.05) is 13.2 Å². The Hall–Kier alpha value is -1.26. The van der Waals surface area contributed by atoms with Gasteiger partial charge in [-0.25, -0.2) is 0 Å². The Morgan fingerprint density at radius 3 is 1.87 bits per heavy atom. The number of phenols is 2. The molecule has 0 aromatic heterocycles. The van der Waals surface area contributed by atoms with Crippen LogP contribution in [0.1, 0.15) is 109 Å². The maximum absolute atomic E-state index is 9.90. The van der Waals surface area contributed by atoms with Crippen LogP contribution in [0.5, 0.6) is 11.5 Å². The summed E-state index contributed by atoms with van der Waals surface area (Å²) in [6.45, 7) is 6.06. The molecule has 174 valence electrons. The summed E-state index contributed by atoms with van der Waals surface area (Å²) in [7, 11) is 0. The van der Waals surface area contributed by atoms with Gasteiger partial charge in [0.25, 0.3) is 0 Å². The van der Waals surface area contributed by atoms with Gasteiger partial charge >= 0.3 is 0 Å². The van der Waals surface area contributed by atoms with Crippen molar-refractivity contribution in [2.24, 2.45) is 0 Å². The van der Waals surface area contributed by atoms with Gasteiger partial charge in [-0.15, -0.1) is 0 Å². The number of rotatable bonds is 20. The molecule has 0 fully saturated rings. The van der Waals surface area contributed by atoms with Crippen molar-refractivity contribution in [3.63, 3.8) is 0 Å². The first-order chi connectivity index (χ1) is 14.7.